The van der Waals surface area contributed by atoms with Gasteiger partial charge in [-0.25, -0.2) is 4.98 Å². The van der Waals surface area contributed by atoms with Crippen LogP contribution in [0.1, 0.15) is 153 Å². The molecular weight excluding hydrogens is 930 g/mol. The zero-order chi connectivity index (χ0) is 50.1. The Morgan fingerprint density at radius 3 is 1.73 bits per heavy atom. The molecule has 5 aliphatic carbocycles. The van der Waals surface area contributed by atoms with Crippen molar-refractivity contribution >= 4 is 46.3 Å². The molecule has 2 saturated carbocycles. The fraction of sp³-hybridized carbons (Fsp3) is 0.386. The molecular formula is C57H53F3N10O3. The first-order chi connectivity index (χ1) is 35.0. The zero-order valence-electron chi connectivity index (χ0n) is 41.0. The smallest absolute Gasteiger partial charge is 0.342 e. The second-order valence-corrected chi connectivity index (χ2v) is 23.0. The van der Waals surface area contributed by atoms with E-state index < -0.39 is 29.1 Å². The van der Waals surface area contributed by atoms with Gasteiger partial charge in [0.15, 0.2) is 34.8 Å². The number of anilines is 5. The van der Waals surface area contributed by atoms with Gasteiger partial charge in [-0.2, -0.15) is 28.5 Å². The molecule has 4 N–H and O–H groups in total. The molecule has 16 heteroatoms. The molecule has 0 radical (unpaired) electrons. The molecule has 6 aromatic rings. The van der Waals surface area contributed by atoms with E-state index in [-0.39, 0.29) is 51.9 Å². The number of nitrogens with zero attached hydrogens (tertiary/aromatic N) is 6. The number of hydrogen-bond acceptors (Lipinski definition) is 10. The van der Waals surface area contributed by atoms with Gasteiger partial charge in [-0.05, 0) is 110 Å². The van der Waals surface area contributed by atoms with Gasteiger partial charge < -0.3 is 5.32 Å². The first kappa shape index (κ1) is 44.3. The summed E-state index contributed by atoms with van der Waals surface area (Å²) in [6.45, 7) is 7.93. The third-order valence-electron chi connectivity index (χ3n) is 17.6. The molecule has 2 spiro atoms. The molecule has 3 unspecified atom stereocenters. The van der Waals surface area contributed by atoms with Crippen LogP contribution in [0.15, 0.2) is 107 Å². The fourth-order valence-corrected chi connectivity index (χ4v) is 14.0. The predicted molar refractivity (Wildman–Crippen MR) is 266 cm³/mol. The van der Waals surface area contributed by atoms with Crippen molar-refractivity contribution in [2.24, 2.45) is 16.2 Å². The first-order valence-electron chi connectivity index (χ1n) is 25.5. The van der Waals surface area contributed by atoms with E-state index >= 15 is 0 Å². The summed E-state index contributed by atoms with van der Waals surface area (Å²) in [5.41, 5.74) is 9.28. The van der Waals surface area contributed by atoms with Crippen molar-refractivity contribution < 1.29 is 27.6 Å². The van der Waals surface area contributed by atoms with Gasteiger partial charge in [0, 0.05) is 111 Å². The number of aromatic nitrogens is 7. The Morgan fingerprint density at radius 2 is 1.15 bits per heavy atom. The number of Topliss-reactive ketones (excluding diaryl/α,β-unsaturated/α-hetero) is 3. The summed E-state index contributed by atoms with van der Waals surface area (Å²) in [6.07, 6.45) is 4.87. The lowest BCUT2D eigenvalue weighted by molar-refractivity contribution is -0.142. The van der Waals surface area contributed by atoms with Crippen molar-refractivity contribution in [3.63, 3.8) is 0 Å². The zero-order valence-corrected chi connectivity index (χ0v) is 41.0. The van der Waals surface area contributed by atoms with Crippen LogP contribution in [0, 0.1) is 30.1 Å². The summed E-state index contributed by atoms with van der Waals surface area (Å²) in [7, 11) is 0. The monoisotopic (exact) mass is 982 g/mol. The number of fused-ring (bicyclic) bond motifs is 3. The first-order valence-corrected chi connectivity index (χ1v) is 25.5. The molecule has 14 rings (SSSR count). The number of carbonyl (C=O) groups excluding carboxylic acids is 3. The number of ketones is 3. The van der Waals surface area contributed by atoms with Gasteiger partial charge in [0.25, 0.3) is 0 Å². The van der Waals surface area contributed by atoms with E-state index in [1.54, 1.807) is 18.3 Å². The lowest BCUT2D eigenvalue weighted by Gasteiger charge is -2.49. The number of pyridine rings is 1. The van der Waals surface area contributed by atoms with Crippen LogP contribution in [0.25, 0.3) is 0 Å². The van der Waals surface area contributed by atoms with E-state index in [1.165, 1.54) is 0 Å². The summed E-state index contributed by atoms with van der Waals surface area (Å²) in [4.78, 5) is 52.7. The Labute approximate surface area is 418 Å². The number of carbonyl (C=O) groups is 3. The van der Waals surface area contributed by atoms with Crippen molar-refractivity contribution in [2.45, 2.75) is 122 Å². The van der Waals surface area contributed by atoms with Crippen LogP contribution in [0.2, 0.25) is 0 Å². The maximum atomic E-state index is 14.9. The number of nitrogens with one attached hydrogen (secondary N) is 4. The van der Waals surface area contributed by atoms with Gasteiger partial charge in [-0.1, -0.05) is 68.8 Å². The average molecular weight is 983 g/mol. The second-order valence-electron chi connectivity index (χ2n) is 23.0. The number of hydrogen-bond donors (Lipinski definition) is 4. The molecule has 0 saturated heterocycles. The largest absolute Gasteiger partial charge is 0.433 e. The molecule has 2 aromatic carbocycles. The Bertz CT molecular complexity index is 3490. The topological polar surface area (TPSA) is 169 Å². The molecule has 2 fully saturated rings. The van der Waals surface area contributed by atoms with Crippen LogP contribution in [0.5, 0.6) is 0 Å². The Kier molecular flexibility index (Phi) is 9.18. The quantitative estimate of drug-likeness (QED) is 0.130. The Hall–Kier alpha value is -7.36. The minimum atomic E-state index is -4.76. The number of halogens is 3. The van der Waals surface area contributed by atoms with Crippen LogP contribution >= 0.6 is 0 Å². The van der Waals surface area contributed by atoms with E-state index in [1.807, 2.05) is 50.8 Å². The van der Waals surface area contributed by atoms with Crippen molar-refractivity contribution in [1.82, 2.24) is 35.6 Å². The molecule has 0 bridgehead atoms. The Morgan fingerprint density at radius 1 is 0.589 bits per heavy atom. The van der Waals surface area contributed by atoms with Crippen molar-refractivity contribution in [3.8, 4) is 0 Å². The van der Waals surface area contributed by atoms with Gasteiger partial charge in [-0.15, -0.1) is 0 Å². The van der Waals surface area contributed by atoms with Crippen molar-refractivity contribution in [2.75, 3.05) is 15.1 Å². The van der Waals surface area contributed by atoms with Crippen LogP contribution < -0.4 is 15.1 Å². The number of alkyl halides is 3. The summed E-state index contributed by atoms with van der Waals surface area (Å²) in [6, 6.07) is 22.2. The highest BCUT2D eigenvalue weighted by Gasteiger charge is 2.55. The maximum Gasteiger partial charge on any atom is 0.433 e. The number of allylic oxidation sites excluding steroid dienone is 6. The molecule has 0 amide bonds. The molecule has 3 atom stereocenters. The van der Waals surface area contributed by atoms with Gasteiger partial charge in [0.1, 0.15) is 11.5 Å². The third-order valence-corrected chi connectivity index (χ3v) is 17.6. The highest BCUT2D eigenvalue weighted by Crippen LogP contribution is 2.63. The number of aromatic amines is 3. The van der Waals surface area contributed by atoms with Gasteiger partial charge in [-0.3, -0.25) is 39.5 Å². The summed E-state index contributed by atoms with van der Waals surface area (Å²) in [5, 5.41) is 25.8. The van der Waals surface area contributed by atoms with Crippen LogP contribution in [-0.4, -0.2) is 52.9 Å². The van der Waals surface area contributed by atoms with Crippen molar-refractivity contribution in [3.05, 3.63) is 157 Å². The molecule has 370 valence electrons. The molecule has 3 aliphatic heterocycles. The standard InChI is InChI=1S/C57H53F3N10O3/c1-28-41-43(30-9-6-5-7-10-30)47-35(22-55(17-8-18-55)25-38(47)72)69(52(41)67-63-28)33-14-11-31(12-15-33)44-42-29(2)64-68-53(42)70(36-23-56(19-20-56)26-39(73)48(36)44)40-16-13-32(27-61-40)45-46-34(21-54(3,4)24-37(46)71)62-51-49(45)50(65-66-51)57(58,59)60/h5-7,9-16,27,43-45H,8,17-26H2,1-4H3,(H,63,67)(H,64,68)(H2,62,65,66). The number of H-pyrrole nitrogens is 3. The average Bonchev–Trinajstić information content (AvgIpc) is 3.59. The Balaban J connectivity index is 0.871. The number of rotatable bonds is 5. The lowest BCUT2D eigenvalue weighted by atomic mass is 9.58. The molecule has 8 aliphatic rings. The minimum absolute atomic E-state index is 0.0456. The highest BCUT2D eigenvalue weighted by molar-refractivity contribution is 6.05. The maximum absolute atomic E-state index is 14.9. The highest BCUT2D eigenvalue weighted by atomic mass is 19.4. The number of benzene rings is 2. The molecule has 7 heterocycles. The molecule has 4 aromatic heterocycles. The van der Waals surface area contributed by atoms with E-state index in [4.69, 9.17) is 15.2 Å². The van der Waals surface area contributed by atoms with E-state index in [0.29, 0.717) is 59.7 Å². The second kappa shape index (κ2) is 15.1. The van der Waals surface area contributed by atoms with E-state index in [0.717, 1.165) is 101 Å². The van der Waals surface area contributed by atoms with Crippen LogP contribution in [-0.2, 0) is 20.6 Å². The van der Waals surface area contributed by atoms with E-state index in [2.05, 4.69) is 67.0 Å². The minimum Gasteiger partial charge on any atom is -0.342 e. The van der Waals surface area contributed by atoms with Crippen molar-refractivity contribution in [1.29, 1.82) is 0 Å². The van der Waals surface area contributed by atoms with Crippen LogP contribution in [0.3, 0.4) is 0 Å². The van der Waals surface area contributed by atoms with Gasteiger partial charge in [0.05, 0.1) is 0 Å². The van der Waals surface area contributed by atoms with Crippen LogP contribution in [0.4, 0.5) is 42.1 Å². The predicted octanol–water partition coefficient (Wildman–Crippen LogP) is 11.8. The van der Waals surface area contributed by atoms with Gasteiger partial charge in [0.2, 0.25) is 0 Å². The SMILES string of the molecule is Cc1[nH]nc2c1C(c1ccccc1)C1=C(CC3(CCC3)CC1=O)N2c1ccc(C2C3=C(CC4(CC4)CC3=O)N(c3ccc(C4C5=C(CC(C)(C)CC5=O)Nc5n[nH]c(C(F)(F)F)c54)cn3)c3n[nH]c(C)c32)cc1. The van der Waals surface area contributed by atoms with E-state index in [9.17, 15) is 27.6 Å². The summed E-state index contributed by atoms with van der Waals surface area (Å²) < 4.78 is 44.0. The third kappa shape index (κ3) is 6.56. The molecule has 13 nitrogen and oxygen atoms in total. The lowest BCUT2D eigenvalue weighted by Crippen LogP contribution is -2.43. The molecule has 73 heavy (non-hydrogen) atoms. The normalized spacial score (nSPS) is 24.2. The summed E-state index contributed by atoms with van der Waals surface area (Å²) in [5.74, 6) is 0.194. The van der Waals surface area contributed by atoms with Gasteiger partial charge >= 0.3 is 6.18 Å². The summed E-state index contributed by atoms with van der Waals surface area (Å²) >= 11 is 0. The fourth-order valence-electron chi connectivity index (χ4n) is 14.0. The number of aryl methyl sites for hydroxylation is 2.